The third-order valence-electron chi connectivity index (χ3n) is 8.72. The quantitative estimate of drug-likeness (QED) is 0.155. The molecule has 5 rings (SSSR count). The van der Waals surface area contributed by atoms with Crippen molar-refractivity contribution < 1.29 is 0 Å². The Morgan fingerprint density at radius 1 is 0.894 bits per heavy atom. The number of aliphatic imine (C=N–C) groups is 2. The summed E-state index contributed by atoms with van der Waals surface area (Å²) in [5, 5.41) is 2.43. The van der Waals surface area contributed by atoms with E-state index in [2.05, 4.69) is 157 Å². The van der Waals surface area contributed by atoms with Gasteiger partial charge in [-0.3, -0.25) is 4.90 Å². The molecule has 3 nitrogen and oxygen atoms in total. The van der Waals surface area contributed by atoms with Crippen molar-refractivity contribution in [2.75, 3.05) is 11.2 Å². The number of thioether (sulfide) groups is 1. The zero-order chi connectivity index (χ0) is 33.7. The van der Waals surface area contributed by atoms with Crippen LogP contribution in [-0.4, -0.2) is 18.4 Å². The molecule has 0 amide bonds. The fourth-order valence-corrected chi connectivity index (χ4v) is 7.11. The van der Waals surface area contributed by atoms with Crippen LogP contribution in [0.15, 0.2) is 130 Å². The molecule has 4 aromatic rings. The van der Waals surface area contributed by atoms with Gasteiger partial charge in [0.2, 0.25) is 5.96 Å². The molecule has 1 aliphatic rings. The average Bonchev–Trinajstić information content (AvgIpc) is 3.06. The number of hydrogen-bond donors (Lipinski definition) is 0. The van der Waals surface area contributed by atoms with Gasteiger partial charge in [-0.05, 0) is 115 Å². The summed E-state index contributed by atoms with van der Waals surface area (Å²) in [4.78, 5) is 14.2. The van der Waals surface area contributed by atoms with E-state index in [-0.39, 0.29) is 5.41 Å². The molecule has 0 spiro atoms. The van der Waals surface area contributed by atoms with Crippen LogP contribution in [0.5, 0.6) is 0 Å². The lowest BCUT2D eigenvalue weighted by molar-refractivity contribution is 0.590. The summed E-state index contributed by atoms with van der Waals surface area (Å²) >= 11 is 1.75. The van der Waals surface area contributed by atoms with E-state index in [1.807, 2.05) is 12.3 Å². The number of rotatable bonds is 6. The third kappa shape index (κ3) is 6.99. The molecule has 0 fully saturated rings. The van der Waals surface area contributed by atoms with E-state index in [4.69, 9.17) is 9.98 Å². The van der Waals surface area contributed by atoms with Gasteiger partial charge in [-0.25, -0.2) is 9.98 Å². The number of benzene rings is 4. The summed E-state index contributed by atoms with van der Waals surface area (Å²) in [5.74, 6) is 0.625. The Labute approximate surface area is 286 Å². The van der Waals surface area contributed by atoms with Crippen molar-refractivity contribution in [1.82, 2.24) is 0 Å². The van der Waals surface area contributed by atoms with Crippen LogP contribution in [0.1, 0.15) is 76.6 Å². The van der Waals surface area contributed by atoms with Crippen LogP contribution < -0.4 is 4.90 Å². The molecule has 0 unspecified atom stereocenters. The highest BCUT2D eigenvalue weighted by atomic mass is 32.2. The molecule has 0 saturated heterocycles. The van der Waals surface area contributed by atoms with Crippen molar-refractivity contribution in [2.45, 2.75) is 71.6 Å². The van der Waals surface area contributed by atoms with Crippen LogP contribution >= 0.6 is 11.8 Å². The molecule has 1 aliphatic heterocycles. The highest BCUT2D eigenvalue weighted by Gasteiger charge is 2.32. The second-order valence-corrected chi connectivity index (χ2v) is 14.1. The van der Waals surface area contributed by atoms with Gasteiger partial charge in [0.05, 0.1) is 11.4 Å². The van der Waals surface area contributed by atoms with E-state index in [1.54, 1.807) is 11.8 Å². The maximum absolute atomic E-state index is 5.57. The molecule has 0 atom stereocenters. The Bertz CT molecular complexity index is 1940. The molecule has 4 heteroatoms. The van der Waals surface area contributed by atoms with Crippen molar-refractivity contribution in [2.24, 2.45) is 9.98 Å². The maximum atomic E-state index is 5.57. The lowest BCUT2D eigenvalue weighted by Crippen LogP contribution is -2.30. The second-order valence-electron chi connectivity index (χ2n) is 13.3. The van der Waals surface area contributed by atoms with Crippen molar-refractivity contribution >= 4 is 57.4 Å². The summed E-state index contributed by atoms with van der Waals surface area (Å²) in [6.07, 6.45) is 12.1. The van der Waals surface area contributed by atoms with Gasteiger partial charge in [0, 0.05) is 22.4 Å². The van der Waals surface area contributed by atoms with Gasteiger partial charge in [-0.15, -0.1) is 11.8 Å². The fourth-order valence-electron chi connectivity index (χ4n) is 6.51. The summed E-state index contributed by atoms with van der Waals surface area (Å²) in [7, 11) is 0. The third-order valence-corrected chi connectivity index (χ3v) is 9.51. The number of fused-ring (bicyclic) bond motifs is 1. The van der Waals surface area contributed by atoms with Crippen LogP contribution in [0.4, 0.5) is 11.4 Å². The Kier molecular flexibility index (Phi) is 10.5. The number of nitrogens with zero attached hydrogens (tertiary/aromatic N) is 3. The monoisotopic (exact) mass is 637 g/mol. The number of aryl methyl sites for hydroxylation is 1. The molecule has 240 valence electrons. The summed E-state index contributed by atoms with van der Waals surface area (Å²) in [5.41, 5.74) is 11.2. The first-order valence-corrected chi connectivity index (χ1v) is 17.6. The molecule has 0 N–H and O–H groups in total. The topological polar surface area (TPSA) is 28.0 Å². The first-order chi connectivity index (χ1) is 22.6. The predicted octanol–water partition coefficient (Wildman–Crippen LogP) is 12.5. The maximum Gasteiger partial charge on any atom is 0.235 e. The highest BCUT2D eigenvalue weighted by Crippen LogP contribution is 2.48. The van der Waals surface area contributed by atoms with E-state index >= 15 is 0 Å². The van der Waals surface area contributed by atoms with Crippen molar-refractivity contribution in [3.63, 3.8) is 0 Å². The van der Waals surface area contributed by atoms with Crippen molar-refractivity contribution in [3.05, 3.63) is 137 Å². The molecule has 0 bridgehead atoms. The summed E-state index contributed by atoms with van der Waals surface area (Å²) in [6.45, 7) is 20.1. The van der Waals surface area contributed by atoms with Gasteiger partial charge >= 0.3 is 0 Å². The Balaban J connectivity index is 2.00. The minimum Gasteiger partial charge on any atom is -0.279 e. The molecule has 0 aromatic heterocycles. The minimum atomic E-state index is -0.240. The molecule has 0 aliphatic carbocycles. The van der Waals surface area contributed by atoms with Gasteiger partial charge in [-0.1, -0.05) is 106 Å². The lowest BCUT2D eigenvalue weighted by Gasteiger charge is -2.36. The smallest absolute Gasteiger partial charge is 0.235 e. The number of para-hydroxylation sites is 1. The van der Waals surface area contributed by atoms with Gasteiger partial charge in [0.1, 0.15) is 0 Å². The standard InChI is InChI=1S/C43H47N3S/c1-10-33(29(2)3)38-35-25-17-16-24-34(35)31(5)41(39(38)43(6,7)8)46(32-22-14-11-15-23-32)42-44-28-20-12-13-21-30(4)40(45-42)36-26-18-19-27-37(36)47-9/h10-12,14-20,22-28H,1,13,21H2,2-9H3/b20-12-,40-30+,44-28+,45-42+. The molecule has 4 aromatic carbocycles. The zero-order valence-corrected chi connectivity index (χ0v) is 30.0. The van der Waals surface area contributed by atoms with Crippen LogP contribution in [-0.2, 0) is 5.41 Å². The van der Waals surface area contributed by atoms with E-state index in [1.165, 1.54) is 43.5 Å². The van der Waals surface area contributed by atoms with Crippen LogP contribution in [0.2, 0.25) is 0 Å². The Hall–Kier alpha value is -4.41. The molecule has 47 heavy (non-hydrogen) atoms. The Morgan fingerprint density at radius 3 is 2.21 bits per heavy atom. The highest BCUT2D eigenvalue weighted by molar-refractivity contribution is 7.98. The first kappa shape index (κ1) is 33.9. The average molecular weight is 638 g/mol. The molecule has 1 heterocycles. The molecular weight excluding hydrogens is 591 g/mol. The lowest BCUT2D eigenvalue weighted by atomic mass is 9.76. The van der Waals surface area contributed by atoms with Crippen LogP contribution in [0.25, 0.3) is 22.0 Å². The molecular formula is C43H47N3S. The number of hydrogen-bond acceptors (Lipinski definition) is 4. The van der Waals surface area contributed by atoms with Crippen molar-refractivity contribution in [1.29, 1.82) is 0 Å². The molecule has 0 radical (unpaired) electrons. The van der Waals surface area contributed by atoms with E-state index in [9.17, 15) is 0 Å². The summed E-state index contributed by atoms with van der Waals surface area (Å²) in [6, 6.07) is 27.9. The van der Waals surface area contributed by atoms with Crippen molar-refractivity contribution in [3.8, 4) is 0 Å². The van der Waals surface area contributed by atoms with E-state index in [0.717, 1.165) is 41.1 Å². The summed E-state index contributed by atoms with van der Waals surface area (Å²) < 4.78 is 0. The number of allylic oxidation sites excluding steroid dienone is 6. The number of anilines is 2. The van der Waals surface area contributed by atoms with Gasteiger partial charge in [-0.2, -0.15) is 0 Å². The minimum absolute atomic E-state index is 0.240. The SMILES string of the molecule is C=CC(=C(C)C)c1c(C(C)(C)C)c(N(C2=N/C(c3ccccc3SC)=C(\C)CC/C=C\C=N\2)c2ccccc2)c(C)c2ccccc12. The Morgan fingerprint density at radius 2 is 1.55 bits per heavy atom. The first-order valence-electron chi connectivity index (χ1n) is 16.4. The zero-order valence-electron chi connectivity index (χ0n) is 29.2. The van der Waals surface area contributed by atoms with E-state index < -0.39 is 0 Å². The molecule has 0 saturated carbocycles. The van der Waals surface area contributed by atoms with Gasteiger partial charge in [0.25, 0.3) is 0 Å². The van der Waals surface area contributed by atoms with Crippen LogP contribution in [0, 0.1) is 6.92 Å². The van der Waals surface area contributed by atoms with E-state index in [0.29, 0.717) is 5.96 Å². The second kappa shape index (κ2) is 14.6. The predicted molar refractivity (Wildman–Crippen MR) is 210 cm³/mol. The van der Waals surface area contributed by atoms with Gasteiger partial charge in [0.15, 0.2) is 0 Å². The van der Waals surface area contributed by atoms with Crippen LogP contribution in [0.3, 0.4) is 0 Å². The van der Waals surface area contributed by atoms with Gasteiger partial charge < -0.3 is 0 Å². The number of guanidine groups is 1. The normalized spacial score (nSPS) is 17.8. The fraction of sp³-hybridized carbons (Fsp3) is 0.256. The largest absolute Gasteiger partial charge is 0.279 e.